The van der Waals surface area contributed by atoms with Gasteiger partial charge in [-0.05, 0) is 37.8 Å². The van der Waals surface area contributed by atoms with Gasteiger partial charge in [0.05, 0.1) is 16.8 Å². The third-order valence-corrected chi connectivity index (χ3v) is 4.30. The van der Waals surface area contributed by atoms with Crippen molar-refractivity contribution in [1.29, 1.82) is 0 Å². The number of rotatable bonds is 5. The number of thioether (sulfide) groups is 1. The maximum atomic E-state index is 11.8. The molecule has 100 valence electrons. The molecule has 0 radical (unpaired) electrons. The molecule has 4 nitrogen and oxygen atoms in total. The van der Waals surface area contributed by atoms with E-state index < -0.39 is 0 Å². The van der Waals surface area contributed by atoms with Gasteiger partial charge in [-0.15, -0.1) is 0 Å². The summed E-state index contributed by atoms with van der Waals surface area (Å²) in [5, 5.41) is 3.85. The summed E-state index contributed by atoms with van der Waals surface area (Å²) in [4.78, 5) is 19.5. The fourth-order valence-electron chi connectivity index (χ4n) is 2.14. The Balaban J connectivity index is 1.54. The van der Waals surface area contributed by atoms with Crippen LogP contribution in [0.25, 0.3) is 11.0 Å². The number of H-pyrrole nitrogens is 1. The van der Waals surface area contributed by atoms with Crippen LogP contribution < -0.4 is 5.32 Å². The van der Waals surface area contributed by atoms with Crippen molar-refractivity contribution in [2.45, 2.75) is 31.0 Å². The molecule has 1 amide bonds. The topological polar surface area (TPSA) is 57.8 Å². The van der Waals surface area contributed by atoms with E-state index >= 15 is 0 Å². The standard InChI is InChI=1S/C14H17N3OS/c1-9(10-6-7-10)15-13(18)8-19-14-16-11-4-2-3-5-12(11)17-14/h2-5,9-10H,6-8H2,1H3,(H,15,18)(H,16,17)/t9-/m0/s1. The Bertz CT molecular complexity index is 558. The molecule has 0 aliphatic heterocycles. The van der Waals surface area contributed by atoms with Gasteiger partial charge in [-0.2, -0.15) is 0 Å². The van der Waals surface area contributed by atoms with Gasteiger partial charge in [0, 0.05) is 6.04 Å². The molecule has 1 fully saturated rings. The lowest BCUT2D eigenvalue weighted by atomic mass is 10.2. The highest BCUT2D eigenvalue weighted by atomic mass is 32.2. The Morgan fingerprint density at radius 3 is 3.05 bits per heavy atom. The van der Waals surface area contributed by atoms with Crippen LogP contribution in [-0.2, 0) is 4.79 Å². The van der Waals surface area contributed by atoms with Crippen LogP contribution in [0.4, 0.5) is 0 Å². The molecule has 1 aliphatic carbocycles. The first-order chi connectivity index (χ1) is 9.22. The van der Waals surface area contributed by atoms with Crippen molar-refractivity contribution in [3.63, 3.8) is 0 Å². The number of carbonyl (C=O) groups excluding carboxylic acids is 1. The smallest absolute Gasteiger partial charge is 0.230 e. The van der Waals surface area contributed by atoms with E-state index in [1.807, 2.05) is 24.3 Å². The highest BCUT2D eigenvalue weighted by Crippen LogP contribution is 2.32. The SMILES string of the molecule is C[C@H](NC(=O)CSc1nc2ccccc2[nH]1)C1CC1. The van der Waals surface area contributed by atoms with Crippen molar-refractivity contribution < 1.29 is 4.79 Å². The molecule has 0 spiro atoms. The number of hydrogen-bond acceptors (Lipinski definition) is 3. The number of nitrogens with one attached hydrogen (secondary N) is 2. The van der Waals surface area contributed by atoms with E-state index in [9.17, 15) is 4.79 Å². The van der Waals surface area contributed by atoms with Gasteiger partial charge in [-0.1, -0.05) is 23.9 Å². The molecule has 0 unspecified atom stereocenters. The summed E-state index contributed by atoms with van der Waals surface area (Å²) in [7, 11) is 0. The van der Waals surface area contributed by atoms with Crippen LogP contribution in [0.15, 0.2) is 29.4 Å². The molecule has 5 heteroatoms. The lowest BCUT2D eigenvalue weighted by molar-refractivity contribution is -0.119. The van der Waals surface area contributed by atoms with Crippen LogP contribution in [0, 0.1) is 5.92 Å². The maximum absolute atomic E-state index is 11.8. The molecule has 2 aromatic rings. The van der Waals surface area contributed by atoms with Gasteiger partial charge in [-0.3, -0.25) is 4.79 Å². The van der Waals surface area contributed by atoms with Crippen LogP contribution >= 0.6 is 11.8 Å². The van der Waals surface area contributed by atoms with Gasteiger partial charge in [-0.25, -0.2) is 4.98 Å². The van der Waals surface area contributed by atoms with Crippen LogP contribution in [-0.4, -0.2) is 27.7 Å². The number of imidazole rings is 1. The Hall–Kier alpha value is -1.49. The summed E-state index contributed by atoms with van der Waals surface area (Å²) in [5.74, 6) is 1.20. The monoisotopic (exact) mass is 275 g/mol. The minimum atomic E-state index is 0.0878. The normalized spacial score (nSPS) is 16.5. The molecule has 1 saturated carbocycles. The minimum Gasteiger partial charge on any atom is -0.353 e. The Morgan fingerprint density at radius 1 is 1.53 bits per heavy atom. The number of para-hydroxylation sites is 2. The molecule has 1 aliphatic rings. The summed E-state index contributed by atoms with van der Waals surface area (Å²) < 4.78 is 0. The second-order valence-electron chi connectivity index (χ2n) is 5.04. The molecule has 3 rings (SSSR count). The predicted molar refractivity (Wildman–Crippen MR) is 77.1 cm³/mol. The first-order valence-corrected chi connectivity index (χ1v) is 7.58. The highest BCUT2D eigenvalue weighted by molar-refractivity contribution is 7.99. The van der Waals surface area contributed by atoms with Crippen LogP contribution in [0.1, 0.15) is 19.8 Å². The van der Waals surface area contributed by atoms with Crippen molar-refractivity contribution in [2.24, 2.45) is 5.92 Å². The third kappa shape index (κ3) is 3.10. The zero-order valence-electron chi connectivity index (χ0n) is 10.8. The van der Waals surface area contributed by atoms with Gasteiger partial charge in [0.25, 0.3) is 0 Å². The van der Waals surface area contributed by atoms with E-state index in [1.54, 1.807) is 0 Å². The van der Waals surface area contributed by atoms with E-state index in [4.69, 9.17) is 0 Å². The van der Waals surface area contributed by atoms with Crippen molar-refractivity contribution in [3.8, 4) is 0 Å². The Labute approximate surface area is 116 Å². The fourth-order valence-corrected chi connectivity index (χ4v) is 2.84. The van der Waals surface area contributed by atoms with Crippen LogP contribution in [0.2, 0.25) is 0 Å². The molecule has 1 aromatic carbocycles. The molecule has 2 N–H and O–H groups in total. The molecule has 1 atom stereocenters. The summed E-state index contributed by atoms with van der Waals surface area (Å²) in [6.45, 7) is 2.08. The lowest BCUT2D eigenvalue weighted by Crippen LogP contribution is -2.35. The van der Waals surface area contributed by atoms with E-state index in [0.717, 1.165) is 16.2 Å². The van der Waals surface area contributed by atoms with E-state index in [1.165, 1.54) is 24.6 Å². The average molecular weight is 275 g/mol. The second kappa shape index (κ2) is 5.25. The Kier molecular flexibility index (Phi) is 3.46. The number of aromatic amines is 1. The van der Waals surface area contributed by atoms with Gasteiger partial charge >= 0.3 is 0 Å². The van der Waals surface area contributed by atoms with E-state index in [2.05, 4.69) is 22.2 Å². The number of amides is 1. The number of benzene rings is 1. The molecule has 19 heavy (non-hydrogen) atoms. The largest absolute Gasteiger partial charge is 0.353 e. The maximum Gasteiger partial charge on any atom is 0.230 e. The van der Waals surface area contributed by atoms with Crippen LogP contribution in [0.5, 0.6) is 0 Å². The number of aromatic nitrogens is 2. The van der Waals surface area contributed by atoms with E-state index in [0.29, 0.717) is 17.7 Å². The summed E-state index contributed by atoms with van der Waals surface area (Å²) in [5.41, 5.74) is 1.95. The quantitative estimate of drug-likeness (QED) is 0.825. The molecule has 0 bridgehead atoms. The minimum absolute atomic E-state index is 0.0878. The van der Waals surface area contributed by atoms with Gasteiger partial charge in [0.2, 0.25) is 5.91 Å². The number of carbonyl (C=O) groups is 1. The summed E-state index contributed by atoms with van der Waals surface area (Å²) in [6, 6.07) is 8.19. The average Bonchev–Trinajstić information content (AvgIpc) is 3.16. The molecule has 1 heterocycles. The summed E-state index contributed by atoms with van der Waals surface area (Å²) >= 11 is 1.45. The third-order valence-electron chi connectivity index (χ3n) is 3.43. The Morgan fingerprint density at radius 2 is 2.32 bits per heavy atom. The fraction of sp³-hybridized carbons (Fsp3) is 0.429. The number of hydrogen-bond donors (Lipinski definition) is 2. The number of nitrogens with zero attached hydrogens (tertiary/aromatic N) is 1. The van der Waals surface area contributed by atoms with Crippen molar-refractivity contribution >= 4 is 28.7 Å². The van der Waals surface area contributed by atoms with Gasteiger partial charge in [0.1, 0.15) is 0 Å². The molecular formula is C14H17N3OS. The highest BCUT2D eigenvalue weighted by Gasteiger charge is 2.28. The van der Waals surface area contributed by atoms with Crippen molar-refractivity contribution in [2.75, 3.05) is 5.75 Å². The molecular weight excluding hydrogens is 258 g/mol. The predicted octanol–water partition coefficient (Wildman–Crippen LogP) is 2.57. The van der Waals surface area contributed by atoms with Gasteiger partial charge in [0.15, 0.2) is 5.16 Å². The molecule has 0 saturated heterocycles. The number of fused-ring (bicyclic) bond motifs is 1. The van der Waals surface area contributed by atoms with E-state index in [-0.39, 0.29) is 5.91 Å². The van der Waals surface area contributed by atoms with Crippen LogP contribution in [0.3, 0.4) is 0 Å². The van der Waals surface area contributed by atoms with Crippen molar-refractivity contribution in [3.05, 3.63) is 24.3 Å². The van der Waals surface area contributed by atoms with Crippen molar-refractivity contribution in [1.82, 2.24) is 15.3 Å². The molecule has 1 aromatic heterocycles. The zero-order valence-corrected chi connectivity index (χ0v) is 11.7. The second-order valence-corrected chi connectivity index (χ2v) is 6.01. The zero-order chi connectivity index (χ0) is 13.2. The first kappa shape index (κ1) is 12.5. The lowest BCUT2D eigenvalue weighted by Gasteiger charge is -2.11. The summed E-state index contributed by atoms with van der Waals surface area (Å²) in [6.07, 6.45) is 2.50. The van der Waals surface area contributed by atoms with Gasteiger partial charge < -0.3 is 10.3 Å². The first-order valence-electron chi connectivity index (χ1n) is 6.59.